The van der Waals surface area contributed by atoms with Gasteiger partial charge >= 0.3 is 19.5 Å². The van der Waals surface area contributed by atoms with Crippen LogP contribution in [0.15, 0.2) is 76.4 Å². The van der Waals surface area contributed by atoms with Crippen LogP contribution in [0.5, 0.6) is 5.75 Å². The van der Waals surface area contributed by atoms with Gasteiger partial charge < -0.3 is 51.0 Å². The van der Waals surface area contributed by atoms with Gasteiger partial charge in [0.15, 0.2) is 0 Å². The van der Waals surface area contributed by atoms with Crippen molar-refractivity contribution >= 4 is 17.2 Å². The first-order valence-electron chi connectivity index (χ1n) is 18.4. The molecule has 274 valence electrons. The van der Waals surface area contributed by atoms with E-state index in [9.17, 15) is 19.8 Å². The number of aromatic hydroxyl groups is 1. The molecule has 1 aromatic heterocycles. The molecule has 0 aliphatic heterocycles. The van der Waals surface area contributed by atoms with E-state index in [1.54, 1.807) is 18.3 Å². The maximum Gasteiger partial charge on any atom is 2.00 e. The number of halogens is 2. The number of phenolic OH excluding ortho intramolecular Hbond substituents is 1. The zero-order chi connectivity index (χ0) is 34.5. The van der Waals surface area contributed by atoms with Gasteiger partial charge in [0.25, 0.3) is 10.9 Å². The molecule has 53 heavy (non-hydrogen) atoms. The fourth-order valence-electron chi connectivity index (χ4n) is 9.87. The number of hydrogen-bond donors (Lipinski definition) is 5. The van der Waals surface area contributed by atoms with Crippen molar-refractivity contribution in [2.45, 2.75) is 101 Å². The van der Waals surface area contributed by atoms with Crippen LogP contribution in [-0.2, 0) is 32.4 Å². The standard InChI is InChI=1S/C42H46N4O4.2ClH.Zn/c1-41-20-18-31-30-16-14-29(47)24-28(30)13-15-32(31)33(41)19-22-42(41,50)21-17-26-9-11-27(12-10-26)25-44-34-6-2-3-7-35(34)45-37-38(40(49)39(37)48)46-36-8-4-5-23-43-36;;;/h4-5,8-12,14,16,23-24,31-35,44-45,47,50H,2-3,6-7,13,15,18-20,22,25H2,1H3,(H,43,46);2*1H;/q;;;+2/p-2/t31?,32?,33?,34-,35-,41+,42+;;;/m1.../s1. The Morgan fingerprint density at radius 3 is 2.40 bits per heavy atom. The van der Waals surface area contributed by atoms with Crippen LogP contribution in [0.1, 0.15) is 92.9 Å². The first-order valence-corrected chi connectivity index (χ1v) is 18.4. The third-order valence-electron chi connectivity index (χ3n) is 12.7. The Morgan fingerprint density at radius 2 is 1.64 bits per heavy atom. The van der Waals surface area contributed by atoms with Gasteiger partial charge in [-0.05, 0) is 122 Å². The number of nitrogens with zero attached hydrogens (tertiary/aromatic N) is 1. The van der Waals surface area contributed by atoms with Gasteiger partial charge in [0.2, 0.25) is 0 Å². The number of rotatable bonds is 7. The van der Waals surface area contributed by atoms with Gasteiger partial charge in [-0.2, -0.15) is 0 Å². The molecule has 8 rings (SSSR count). The van der Waals surface area contributed by atoms with Crippen LogP contribution in [0.4, 0.5) is 17.2 Å². The molecule has 3 unspecified atom stereocenters. The van der Waals surface area contributed by atoms with E-state index in [0.717, 1.165) is 68.9 Å². The van der Waals surface area contributed by atoms with Gasteiger partial charge in [-0.15, -0.1) is 0 Å². The summed E-state index contributed by atoms with van der Waals surface area (Å²) < 4.78 is 0. The van der Waals surface area contributed by atoms with E-state index in [0.29, 0.717) is 48.0 Å². The predicted molar refractivity (Wildman–Crippen MR) is 196 cm³/mol. The van der Waals surface area contributed by atoms with Crippen LogP contribution in [-0.4, -0.2) is 32.9 Å². The molecule has 3 fully saturated rings. The molecule has 7 atom stereocenters. The van der Waals surface area contributed by atoms with Gasteiger partial charge in [0, 0.05) is 35.8 Å². The van der Waals surface area contributed by atoms with Gasteiger partial charge in [0.1, 0.15) is 28.5 Å². The van der Waals surface area contributed by atoms with Gasteiger partial charge in [0.05, 0.1) is 0 Å². The Hall–Kier alpha value is -3.25. The van der Waals surface area contributed by atoms with Crippen molar-refractivity contribution in [1.29, 1.82) is 0 Å². The van der Waals surface area contributed by atoms with Crippen molar-refractivity contribution in [1.82, 2.24) is 10.3 Å². The summed E-state index contributed by atoms with van der Waals surface area (Å²) in [6.07, 6.45) is 11.5. The number of fused-ring (bicyclic) bond motifs is 5. The summed E-state index contributed by atoms with van der Waals surface area (Å²) in [5, 5.41) is 32.2. The monoisotopic (exact) mass is 804 g/mol. The number of nitrogens with one attached hydrogen (secondary N) is 3. The number of aliphatic hydroxyl groups is 1. The van der Waals surface area contributed by atoms with E-state index in [1.807, 2.05) is 30.3 Å². The summed E-state index contributed by atoms with van der Waals surface area (Å²) in [6, 6.07) is 19.8. The molecular formula is C42H46Cl2N4O4Zn. The first-order chi connectivity index (χ1) is 24.2. The van der Waals surface area contributed by atoms with E-state index in [2.05, 4.69) is 57.9 Å². The Kier molecular flexibility index (Phi) is 12.8. The number of aryl methyl sites for hydroxylation is 1. The fourth-order valence-corrected chi connectivity index (χ4v) is 9.87. The molecule has 11 heteroatoms. The molecular weight excluding hydrogens is 761 g/mol. The average molecular weight is 807 g/mol. The molecule has 3 aromatic carbocycles. The van der Waals surface area contributed by atoms with Crippen molar-refractivity contribution in [3.63, 3.8) is 0 Å². The van der Waals surface area contributed by atoms with Crippen molar-refractivity contribution in [2.75, 3.05) is 10.6 Å². The molecule has 5 N–H and O–H groups in total. The molecule has 1 heterocycles. The van der Waals surface area contributed by atoms with Gasteiger partial charge in [-0.1, -0.05) is 55.9 Å². The predicted octanol–water partition coefficient (Wildman–Crippen LogP) is 0.284. The molecule has 0 bridgehead atoms. The number of phenols is 1. The molecule has 3 saturated carbocycles. The second-order valence-electron chi connectivity index (χ2n) is 15.4. The summed E-state index contributed by atoms with van der Waals surface area (Å²) in [5.74, 6) is 9.11. The number of aromatic nitrogens is 1. The molecule has 8 nitrogen and oxygen atoms in total. The third kappa shape index (κ3) is 7.69. The molecule has 0 saturated heterocycles. The summed E-state index contributed by atoms with van der Waals surface area (Å²) >= 11 is 0. The number of benzene rings is 2. The van der Waals surface area contributed by atoms with E-state index >= 15 is 0 Å². The summed E-state index contributed by atoms with van der Waals surface area (Å²) in [6.45, 7) is 2.95. The van der Waals surface area contributed by atoms with Crippen LogP contribution < -0.4 is 51.6 Å². The molecule has 4 aliphatic carbocycles. The van der Waals surface area contributed by atoms with Crippen LogP contribution in [0, 0.1) is 29.1 Å². The molecule has 0 radical (unpaired) electrons. The molecule has 0 spiro atoms. The zero-order valence-corrected chi connectivity index (χ0v) is 34.6. The quantitative estimate of drug-likeness (QED) is 0.103. The Morgan fingerprint density at radius 1 is 0.887 bits per heavy atom. The van der Waals surface area contributed by atoms with E-state index in [1.165, 1.54) is 11.1 Å². The van der Waals surface area contributed by atoms with Crippen LogP contribution >= 0.6 is 0 Å². The second-order valence-corrected chi connectivity index (χ2v) is 15.4. The molecule has 4 aliphatic rings. The Bertz CT molecular complexity index is 2030. The zero-order valence-electron chi connectivity index (χ0n) is 30.1. The van der Waals surface area contributed by atoms with Crippen molar-refractivity contribution in [3.05, 3.63) is 110 Å². The third-order valence-corrected chi connectivity index (χ3v) is 12.7. The minimum atomic E-state index is -1.00. The molecule has 0 amide bonds. The summed E-state index contributed by atoms with van der Waals surface area (Å²) in [7, 11) is 0. The normalized spacial score (nSPS) is 28.3. The Balaban J connectivity index is 0.00000180. The smallest absolute Gasteiger partial charge is 1.00 e. The molecule has 4 aromatic rings. The van der Waals surface area contributed by atoms with E-state index < -0.39 is 16.5 Å². The summed E-state index contributed by atoms with van der Waals surface area (Å²) in [5.41, 5.74) is 3.15. The number of pyridine rings is 1. The van der Waals surface area contributed by atoms with E-state index in [-0.39, 0.29) is 67.5 Å². The summed E-state index contributed by atoms with van der Waals surface area (Å²) in [4.78, 5) is 29.1. The maximum absolute atomic E-state index is 12.5. The van der Waals surface area contributed by atoms with Crippen molar-refractivity contribution < 1.29 is 54.5 Å². The average Bonchev–Trinajstić information content (AvgIpc) is 3.42. The first kappa shape index (κ1) is 40.9. The van der Waals surface area contributed by atoms with Crippen LogP contribution in [0.2, 0.25) is 0 Å². The van der Waals surface area contributed by atoms with Crippen LogP contribution in [0.25, 0.3) is 0 Å². The van der Waals surface area contributed by atoms with Crippen molar-refractivity contribution in [3.8, 4) is 17.6 Å². The minimum Gasteiger partial charge on any atom is -1.00 e. The van der Waals surface area contributed by atoms with Gasteiger partial charge in [-0.3, -0.25) is 9.59 Å². The second kappa shape index (κ2) is 16.6. The Labute approximate surface area is 336 Å². The maximum atomic E-state index is 12.5. The topological polar surface area (TPSA) is 124 Å². The SMILES string of the molecule is C[C@]12CCC3c4ccc(O)cc4CCC3C1CC[C@@]2(O)C#Cc1ccc(CN[C@@H]2CCCC[C@H]2Nc2c(Nc3ccccn3)c(=O)c2=O)cc1.[Cl-].[Cl-].[Zn+2]. The largest absolute Gasteiger partial charge is 2.00 e. The number of hydrogen-bond acceptors (Lipinski definition) is 8. The van der Waals surface area contributed by atoms with E-state index in [4.69, 9.17) is 0 Å². The number of anilines is 3. The van der Waals surface area contributed by atoms with Crippen molar-refractivity contribution in [2.24, 2.45) is 17.3 Å². The van der Waals surface area contributed by atoms with Gasteiger partial charge in [-0.25, -0.2) is 4.98 Å². The minimum absolute atomic E-state index is 0. The van der Waals surface area contributed by atoms with Crippen LogP contribution in [0.3, 0.4) is 0 Å². The fraction of sp³-hybridized carbons (Fsp3) is 0.452.